The van der Waals surface area contributed by atoms with Gasteiger partial charge < -0.3 is 10.0 Å². The third-order valence-electron chi connectivity index (χ3n) is 2.62. The van der Waals surface area contributed by atoms with Gasteiger partial charge in [0.15, 0.2) is 0 Å². The molecule has 5 heteroatoms. The number of rotatable bonds is 5. The topological polar surface area (TPSA) is 40.5 Å². The van der Waals surface area contributed by atoms with Gasteiger partial charge in [0.25, 0.3) is 5.91 Å². The van der Waals surface area contributed by atoms with E-state index >= 15 is 0 Å². The van der Waals surface area contributed by atoms with E-state index in [1.807, 2.05) is 26.0 Å². The number of benzene rings is 1. The Labute approximate surface area is 122 Å². The molecule has 0 aliphatic carbocycles. The number of aliphatic hydroxyl groups excluding tert-OH is 1. The first-order valence-corrected chi connectivity index (χ1v) is 7.11. The number of hydrogen-bond donors (Lipinski definition) is 2. The minimum absolute atomic E-state index is 0.0405. The van der Waals surface area contributed by atoms with Crippen LogP contribution in [0.2, 0.25) is 0 Å². The van der Waals surface area contributed by atoms with Crippen LogP contribution >= 0.6 is 28.6 Å². The lowest BCUT2D eigenvalue weighted by Gasteiger charge is -2.27. The van der Waals surface area contributed by atoms with Crippen molar-refractivity contribution in [3.05, 3.63) is 28.2 Å². The first kappa shape index (κ1) is 15.5. The molecule has 0 saturated heterocycles. The number of amides is 1. The minimum atomic E-state index is -0.0405. The van der Waals surface area contributed by atoms with E-state index in [1.165, 1.54) is 0 Å². The maximum atomic E-state index is 12.4. The van der Waals surface area contributed by atoms with Crippen LogP contribution in [-0.4, -0.2) is 35.1 Å². The molecule has 0 fully saturated rings. The number of carbonyl (C=O) groups is 1. The summed E-state index contributed by atoms with van der Waals surface area (Å²) in [5.74, 6) is -0.0405. The Kier molecular flexibility index (Phi) is 6.18. The first-order chi connectivity index (χ1) is 8.47. The van der Waals surface area contributed by atoms with Gasteiger partial charge in [-0.2, -0.15) is 0 Å². The highest BCUT2D eigenvalue weighted by Gasteiger charge is 2.20. The Morgan fingerprint density at radius 1 is 1.50 bits per heavy atom. The summed E-state index contributed by atoms with van der Waals surface area (Å²) in [5, 5.41) is 8.89. The van der Waals surface area contributed by atoms with Crippen LogP contribution in [0.3, 0.4) is 0 Å². The first-order valence-electron chi connectivity index (χ1n) is 5.87. The Morgan fingerprint density at radius 2 is 2.17 bits per heavy atom. The summed E-state index contributed by atoms with van der Waals surface area (Å²) in [6.07, 6.45) is 0.585. The largest absolute Gasteiger partial charge is 0.396 e. The number of nitrogens with zero attached hydrogens (tertiary/aromatic N) is 1. The summed E-state index contributed by atoms with van der Waals surface area (Å²) < 4.78 is 0.764. The summed E-state index contributed by atoms with van der Waals surface area (Å²) in [6, 6.07) is 5.50. The summed E-state index contributed by atoms with van der Waals surface area (Å²) in [7, 11) is 0. The van der Waals surface area contributed by atoms with Gasteiger partial charge in [-0.1, -0.05) is 0 Å². The average Bonchev–Trinajstić information content (AvgIpc) is 2.32. The Hall–Kier alpha value is -0.520. The van der Waals surface area contributed by atoms with Crippen LogP contribution in [0.1, 0.15) is 30.6 Å². The summed E-state index contributed by atoms with van der Waals surface area (Å²) in [5.41, 5.74) is 0.606. The summed E-state index contributed by atoms with van der Waals surface area (Å²) >= 11 is 7.64. The Balaban J connectivity index is 2.98. The molecular formula is C13H18BrNO2S. The van der Waals surface area contributed by atoms with Crippen molar-refractivity contribution in [2.24, 2.45) is 0 Å². The fourth-order valence-corrected chi connectivity index (χ4v) is 2.29. The molecule has 1 rings (SSSR count). The fourth-order valence-electron chi connectivity index (χ4n) is 1.67. The van der Waals surface area contributed by atoms with Gasteiger partial charge in [-0.05, 0) is 54.4 Å². The smallest absolute Gasteiger partial charge is 0.255 e. The minimum Gasteiger partial charge on any atom is -0.396 e. The second-order valence-electron chi connectivity index (χ2n) is 4.33. The molecule has 1 N–H and O–H groups in total. The zero-order chi connectivity index (χ0) is 13.7. The summed E-state index contributed by atoms with van der Waals surface area (Å²) in [4.78, 5) is 15.0. The Morgan fingerprint density at radius 3 is 2.72 bits per heavy atom. The molecule has 0 aliphatic rings. The van der Waals surface area contributed by atoms with E-state index in [4.69, 9.17) is 5.11 Å². The predicted octanol–water partition coefficient (Wildman–Crippen LogP) is 2.97. The van der Waals surface area contributed by atoms with Crippen LogP contribution in [0.5, 0.6) is 0 Å². The molecule has 1 aromatic rings. The highest BCUT2D eigenvalue weighted by Crippen LogP contribution is 2.22. The van der Waals surface area contributed by atoms with Crippen LogP contribution in [0.15, 0.2) is 27.6 Å². The average molecular weight is 332 g/mol. The number of halogens is 1. The van der Waals surface area contributed by atoms with Crippen molar-refractivity contribution in [1.29, 1.82) is 0 Å². The molecule has 0 atom stereocenters. The van der Waals surface area contributed by atoms with Gasteiger partial charge in [-0.25, -0.2) is 0 Å². The van der Waals surface area contributed by atoms with Crippen molar-refractivity contribution in [2.45, 2.75) is 31.2 Å². The van der Waals surface area contributed by atoms with Crippen molar-refractivity contribution in [1.82, 2.24) is 4.90 Å². The van der Waals surface area contributed by atoms with Gasteiger partial charge in [-0.15, -0.1) is 12.6 Å². The van der Waals surface area contributed by atoms with E-state index in [9.17, 15) is 4.79 Å². The SMILES string of the molecule is CC(C)N(CCCO)C(=O)c1cc(S)ccc1Br. The van der Waals surface area contributed by atoms with Crippen molar-refractivity contribution in [3.8, 4) is 0 Å². The Bertz CT molecular complexity index is 423. The van der Waals surface area contributed by atoms with Crippen molar-refractivity contribution < 1.29 is 9.90 Å². The number of carbonyl (C=O) groups excluding carboxylic acids is 1. The normalized spacial score (nSPS) is 10.8. The third kappa shape index (κ3) is 4.00. The van der Waals surface area contributed by atoms with E-state index < -0.39 is 0 Å². The van der Waals surface area contributed by atoms with E-state index in [0.29, 0.717) is 18.5 Å². The second kappa shape index (κ2) is 7.16. The van der Waals surface area contributed by atoms with Crippen LogP contribution in [0, 0.1) is 0 Å². The fraction of sp³-hybridized carbons (Fsp3) is 0.462. The standard InChI is InChI=1S/C13H18BrNO2S/c1-9(2)15(6-3-7-16)13(17)11-8-10(18)4-5-12(11)14/h4-5,8-9,16,18H,3,6-7H2,1-2H3. The molecule has 0 spiro atoms. The van der Waals surface area contributed by atoms with Crippen LogP contribution in [0.4, 0.5) is 0 Å². The molecular weight excluding hydrogens is 314 g/mol. The van der Waals surface area contributed by atoms with E-state index in [0.717, 1.165) is 9.37 Å². The van der Waals surface area contributed by atoms with E-state index in [2.05, 4.69) is 28.6 Å². The number of hydrogen-bond acceptors (Lipinski definition) is 3. The van der Waals surface area contributed by atoms with Crippen LogP contribution in [0.25, 0.3) is 0 Å². The molecule has 0 unspecified atom stereocenters. The van der Waals surface area contributed by atoms with Gasteiger partial charge in [0.1, 0.15) is 0 Å². The molecule has 18 heavy (non-hydrogen) atoms. The quantitative estimate of drug-likeness (QED) is 0.814. The number of thiol groups is 1. The lowest BCUT2D eigenvalue weighted by molar-refractivity contribution is 0.0692. The third-order valence-corrected chi connectivity index (χ3v) is 3.59. The van der Waals surface area contributed by atoms with Crippen molar-refractivity contribution in [3.63, 3.8) is 0 Å². The van der Waals surface area contributed by atoms with Crippen molar-refractivity contribution in [2.75, 3.05) is 13.2 Å². The molecule has 100 valence electrons. The molecule has 0 aliphatic heterocycles. The highest BCUT2D eigenvalue weighted by atomic mass is 79.9. The second-order valence-corrected chi connectivity index (χ2v) is 5.70. The van der Waals surface area contributed by atoms with Crippen LogP contribution < -0.4 is 0 Å². The van der Waals surface area contributed by atoms with E-state index in [-0.39, 0.29) is 18.6 Å². The zero-order valence-corrected chi connectivity index (χ0v) is 13.0. The molecule has 3 nitrogen and oxygen atoms in total. The predicted molar refractivity (Wildman–Crippen MR) is 79.3 cm³/mol. The van der Waals surface area contributed by atoms with Gasteiger partial charge >= 0.3 is 0 Å². The maximum absolute atomic E-state index is 12.4. The van der Waals surface area contributed by atoms with Crippen LogP contribution in [-0.2, 0) is 0 Å². The molecule has 0 radical (unpaired) electrons. The summed E-state index contributed by atoms with van der Waals surface area (Å²) in [6.45, 7) is 4.57. The zero-order valence-electron chi connectivity index (χ0n) is 10.6. The van der Waals surface area contributed by atoms with Gasteiger partial charge in [0, 0.05) is 28.6 Å². The molecule has 1 aromatic carbocycles. The highest BCUT2D eigenvalue weighted by molar-refractivity contribution is 9.10. The number of aliphatic hydroxyl groups is 1. The molecule has 0 saturated carbocycles. The van der Waals surface area contributed by atoms with Gasteiger partial charge in [-0.3, -0.25) is 4.79 Å². The molecule has 0 aromatic heterocycles. The van der Waals surface area contributed by atoms with Gasteiger partial charge in [0.2, 0.25) is 0 Å². The van der Waals surface area contributed by atoms with Gasteiger partial charge in [0.05, 0.1) is 5.56 Å². The van der Waals surface area contributed by atoms with Crippen molar-refractivity contribution >= 4 is 34.5 Å². The maximum Gasteiger partial charge on any atom is 0.255 e. The molecule has 1 amide bonds. The lowest BCUT2D eigenvalue weighted by atomic mass is 10.1. The molecule has 0 heterocycles. The monoisotopic (exact) mass is 331 g/mol. The molecule has 0 bridgehead atoms. The lowest BCUT2D eigenvalue weighted by Crippen LogP contribution is -2.38. The van der Waals surface area contributed by atoms with E-state index in [1.54, 1.807) is 11.0 Å².